The first-order valence-corrected chi connectivity index (χ1v) is 5.88. The Morgan fingerprint density at radius 2 is 2.12 bits per heavy atom. The van der Waals surface area contributed by atoms with E-state index in [2.05, 4.69) is 36.9 Å². The van der Waals surface area contributed by atoms with Gasteiger partial charge in [0, 0.05) is 31.9 Å². The first-order valence-electron chi connectivity index (χ1n) is 5.88. The lowest BCUT2D eigenvalue weighted by Gasteiger charge is -2.25. The average Bonchev–Trinajstić information content (AvgIpc) is 2.30. The molecule has 3 heteroatoms. The van der Waals surface area contributed by atoms with Gasteiger partial charge in [-0.1, -0.05) is 12.1 Å². The molecule has 0 saturated carbocycles. The van der Waals surface area contributed by atoms with E-state index in [1.165, 1.54) is 16.8 Å². The summed E-state index contributed by atoms with van der Waals surface area (Å²) in [6.45, 7) is 6.83. The fourth-order valence-electron chi connectivity index (χ4n) is 1.85. The number of aliphatic hydroxyl groups is 1. The Bertz CT molecular complexity index is 326. The quantitative estimate of drug-likeness (QED) is 0.769. The lowest BCUT2D eigenvalue weighted by Crippen LogP contribution is -2.26. The molecule has 0 heterocycles. The standard InChI is InChI=1S/C13H22N2O/c1-3-15(7-4-8-16)13-9-11(2)5-6-12(13)10-14/h5-6,9,16H,3-4,7-8,10,14H2,1-2H3. The molecular weight excluding hydrogens is 200 g/mol. The SMILES string of the molecule is CCN(CCCO)c1cc(C)ccc1CN. The highest BCUT2D eigenvalue weighted by molar-refractivity contribution is 5.55. The number of hydrogen-bond acceptors (Lipinski definition) is 3. The number of aryl methyl sites for hydroxylation is 1. The van der Waals surface area contributed by atoms with Crippen molar-refractivity contribution in [2.75, 3.05) is 24.6 Å². The zero-order chi connectivity index (χ0) is 12.0. The summed E-state index contributed by atoms with van der Waals surface area (Å²) >= 11 is 0. The van der Waals surface area contributed by atoms with E-state index in [4.69, 9.17) is 10.8 Å². The highest BCUT2D eigenvalue weighted by Gasteiger charge is 2.08. The lowest BCUT2D eigenvalue weighted by molar-refractivity contribution is 0.289. The minimum atomic E-state index is 0.236. The monoisotopic (exact) mass is 222 g/mol. The van der Waals surface area contributed by atoms with E-state index in [0.717, 1.165) is 19.5 Å². The summed E-state index contributed by atoms with van der Waals surface area (Å²) in [4.78, 5) is 2.27. The van der Waals surface area contributed by atoms with Crippen LogP contribution in [0.4, 0.5) is 5.69 Å². The minimum Gasteiger partial charge on any atom is -0.396 e. The Balaban J connectivity index is 2.92. The van der Waals surface area contributed by atoms with Gasteiger partial charge in [0.05, 0.1) is 0 Å². The maximum absolute atomic E-state index is 8.89. The molecule has 0 saturated heterocycles. The van der Waals surface area contributed by atoms with Crippen molar-refractivity contribution in [1.29, 1.82) is 0 Å². The van der Waals surface area contributed by atoms with E-state index >= 15 is 0 Å². The van der Waals surface area contributed by atoms with Crippen LogP contribution in [0, 0.1) is 6.92 Å². The molecule has 1 rings (SSSR count). The molecule has 0 unspecified atom stereocenters. The second-order valence-electron chi connectivity index (χ2n) is 3.99. The number of nitrogens with zero attached hydrogens (tertiary/aromatic N) is 1. The van der Waals surface area contributed by atoms with Crippen molar-refractivity contribution in [1.82, 2.24) is 0 Å². The fraction of sp³-hybridized carbons (Fsp3) is 0.538. The van der Waals surface area contributed by atoms with Gasteiger partial charge in [0.2, 0.25) is 0 Å². The van der Waals surface area contributed by atoms with Gasteiger partial charge >= 0.3 is 0 Å². The topological polar surface area (TPSA) is 49.5 Å². The molecule has 0 amide bonds. The zero-order valence-electron chi connectivity index (χ0n) is 10.2. The van der Waals surface area contributed by atoms with Gasteiger partial charge in [-0.15, -0.1) is 0 Å². The third kappa shape index (κ3) is 3.22. The van der Waals surface area contributed by atoms with Gasteiger partial charge in [0.15, 0.2) is 0 Å². The van der Waals surface area contributed by atoms with Crippen LogP contribution in [0.25, 0.3) is 0 Å². The van der Waals surface area contributed by atoms with Gasteiger partial charge in [-0.25, -0.2) is 0 Å². The Morgan fingerprint density at radius 3 is 2.69 bits per heavy atom. The number of hydrogen-bond donors (Lipinski definition) is 2. The Morgan fingerprint density at radius 1 is 1.38 bits per heavy atom. The molecule has 1 aromatic rings. The molecule has 3 N–H and O–H groups in total. The summed E-state index contributed by atoms with van der Waals surface area (Å²) in [6, 6.07) is 6.35. The maximum Gasteiger partial charge on any atom is 0.0447 e. The lowest BCUT2D eigenvalue weighted by atomic mass is 10.1. The van der Waals surface area contributed by atoms with Crippen LogP contribution in [-0.2, 0) is 6.54 Å². The molecule has 16 heavy (non-hydrogen) atoms. The number of anilines is 1. The van der Waals surface area contributed by atoms with Crippen LogP contribution in [0.15, 0.2) is 18.2 Å². The molecule has 0 aliphatic carbocycles. The summed E-state index contributed by atoms with van der Waals surface area (Å²) in [5.74, 6) is 0. The third-order valence-electron chi connectivity index (χ3n) is 2.77. The summed E-state index contributed by atoms with van der Waals surface area (Å²) in [5.41, 5.74) is 9.37. The largest absolute Gasteiger partial charge is 0.396 e. The van der Waals surface area contributed by atoms with Gasteiger partial charge in [-0.2, -0.15) is 0 Å². The van der Waals surface area contributed by atoms with Crippen molar-refractivity contribution in [3.05, 3.63) is 29.3 Å². The number of aliphatic hydroxyl groups excluding tert-OH is 1. The Labute approximate surface area is 97.9 Å². The number of rotatable bonds is 6. The van der Waals surface area contributed by atoms with Crippen molar-refractivity contribution in [2.24, 2.45) is 5.73 Å². The molecular formula is C13H22N2O. The van der Waals surface area contributed by atoms with E-state index in [-0.39, 0.29) is 6.61 Å². The fourth-order valence-corrected chi connectivity index (χ4v) is 1.85. The molecule has 0 aliphatic rings. The van der Waals surface area contributed by atoms with Crippen LogP contribution >= 0.6 is 0 Å². The Hall–Kier alpha value is -1.06. The van der Waals surface area contributed by atoms with E-state index in [1.807, 2.05) is 0 Å². The van der Waals surface area contributed by atoms with Crippen LogP contribution in [0.1, 0.15) is 24.5 Å². The van der Waals surface area contributed by atoms with Gasteiger partial charge in [-0.3, -0.25) is 0 Å². The first kappa shape index (κ1) is 13.0. The van der Waals surface area contributed by atoms with Gasteiger partial charge < -0.3 is 15.7 Å². The first-order chi connectivity index (χ1) is 7.72. The van der Waals surface area contributed by atoms with Crippen molar-refractivity contribution in [2.45, 2.75) is 26.8 Å². The molecule has 0 spiro atoms. The van der Waals surface area contributed by atoms with Crippen LogP contribution in [-0.4, -0.2) is 24.8 Å². The maximum atomic E-state index is 8.89. The highest BCUT2D eigenvalue weighted by atomic mass is 16.3. The predicted molar refractivity (Wildman–Crippen MR) is 68.7 cm³/mol. The smallest absolute Gasteiger partial charge is 0.0447 e. The number of benzene rings is 1. The molecule has 0 fully saturated rings. The van der Waals surface area contributed by atoms with Crippen molar-refractivity contribution in [3.63, 3.8) is 0 Å². The summed E-state index contributed by atoms with van der Waals surface area (Å²) in [7, 11) is 0. The van der Waals surface area contributed by atoms with E-state index in [0.29, 0.717) is 6.54 Å². The molecule has 3 nitrogen and oxygen atoms in total. The van der Waals surface area contributed by atoms with Crippen LogP contribution < -0.4 is 10.6 Å². The molecule has 0 aromatic heterocycles. The summed E-state index contributed by atoms with van der Waals surface area (Å²) < 4.78 is 0. The highest BCUT2D eigenvalue weighted by Crippen LogP contribution is 2.22. The van der Waals surface area contributed by atoms with E-state index < -0.39 is 0 Å². The molecule has 1 aromatic carbocycles. The summed E-state index contributed by atoms with van der Waals surface area (Å²) in [5, 5.41) is 8.89. The normalized spacial score (nSPS) is 10.5. The summed E-state index contributed by atoms with van der Waals surface area (Å²) in [6.07, 6.45) is 0.797. The molecule has 0 radical (unpaired) electrons. The van der Waals surface area contributed by atoms with E-state index in [1.54, 1.807) is 0 Å². The number of nitrogens with two attached hydrogens (primary N) is 1. The van der Waals surface area contributed by atoms with Gasteiger partial charge in [0.1, 0.15) is 0 Å². The van der Waals surface area contributed by atoms with E-state index in [9.17, 15) is 0 Å². The van der Waals surface area contributed by atoms with Crippen molar-refractivity contribution in [3.8, 4) is 0 Å². The predicted octanol–water partition coefficient (Wildman–Crippen LogP) is 1.66. The third-order valence-corrected chi connectivity index (χ3v) is 2.77. The Kier molecular flexibility index (Phi) is 5.29. The van der Waals surface area contributed by atoms with Crippen molar-refractivity contribution >= 4 is 5.69 Å². The molecule has 0 bridgehead atoms. The van der Waals surface area contributed by atoms with Crippen LogP contribution in [0.2, 0.25) is 0 Å². The minimum absolute atomic E-state index is 0.236. The second-order valence-corrected chi connectivity index (χ2v) is 3.99. The van der Waals surface area contributed by atoms with Crippen LogP contribution in [0.5, 0.6) is 0 Å². The van der Waals surface area contributed by atoms with Gasteiger partial charge in [-0.05, 0) is 37.5 Å². The second kappa shape index (κ2) is 6.51. The zero-order valence-corrected chi connectivity index (χ0v) is 10.2. The molecule has 0 aliphatic heterocycles. The molecule has 90 valence electrons. The van der Waals surface area contributed by atoms with Crippen molar-refractivity contribution < 1.29 is 5.11 Å². The van der Waals surface area contributed by atoms with Crippen LogP contribution in [0.3, 0.4) is 0 Å². The molecule has 0 atom stereocenters. The van der Waals surface area contributed by atoms with Gasteiger partial charge in [0.25, 0.3) is 0 Å². The average molecular weight is 222 g/mol.